The number of nitro groups is 1. The van der Waals surface area contributed by atoms with Gasteiger partial charge in [-0.05, 0) is 12.1 Å². The summed E-state index contributed by atoms with van der Waals surface area (Å²) in [4.78, 5) is 24.3. The highest BCUT2D eigenvalue weighted by Gasteiger charge is 2.35. The first-order chi connectivity index (χ1) is 10.1. The van der Waals surface area contributed by atoms with Gasteiger partial charge >= 0.3 is 11.7 Å². The third-order valence-corrected chi connectivity index (χ3v) is 3.29. The fourth-order valence-electron chi connectivity index (χ4n) is 2.31. The summed E-state index contributed by atoms with van der Waals surface area (Å²) in [7, 11) is 2.64. The van der Waals surface area contributed by atoms with E-state index in [1.54, 1.807) is 17.0 Å². The summed E-state index contributed by atoms with van der Waals surface area (Å²) in [6.45, 7) is 0.858. The van der Waals surface area contributed by atoms with Gasteiger partial charge in [0.1, 0.15) is 5.69 Å². The van der Waals surface area contributed by atoms with Crippen LogP contribution in [-0.2, 0) is 14.3 Å². The molecular formula is C13H16N2O6. The lowest BCUT2D eigenvalue weighted by molar-refractivity contribution is -0.385. The van der Waals surface area contributed by atoms with E-state index in [0.29, 0.717) is 18.8 Å². The molecular weight excluding hydrogens is 280 g/mol. The molecule has 1 unspecified atom stereocenters. The summed E-state index contributed by atoms with van der Waals surface area (Å²) in [5.41, 5.74) is 0.147. The Morgan fingerprint density at radius 2 is 2.24 bits per heavy atom. The number of hydrogen-bond acceptors (Lipinski definition) is 7. The van der Waals surface area contributed by atoms with Gasteiger partial charge in [-0.3, -0.25) is 10.1 Å². The number of methoxy groups -OCH3 is 2. The molecule has 1 aromatic rings. The number of carbonyl (C=O) groups is 1. The number of para-hydroxylation sites is 1. The highest BCUT2D eigenvalue weighted by Crippen LogP contribution is 2.38. The molecule has 0 bridgehead atoms. The van der Waals surface area contributed by atoms with Crippen molar-refractivity contribution in [2.75, 3.05) is 38.9 Å². The Morgan fingerprint density at radius 3 is 2.86 bits per heavy atom. The van der Waals surface area contributed by atoms with Crippen molar-refractivity contribution in [2.24, 2.45) is 0 Å². The van der Waals surface area contributed by atoms with Crippen molar-refractivity contribution in [1.29, 1.82) is 0 Å². The van der Waals surface area contributed by atoms with E-state index in [1.807, 2.05) is 0 Å². The molecule has 0 aliphatic carbocycles. The third kappa shape index (κ3) is 2.89. The fraction of sp³-hybridized carbons (Fsp3) is 0.462. The predicted octanol–water partition coefficient (Wildman–Crippen LogP) is 0.982. The van der Waals surface area contributed by atoms with Gasteiger partial charge in [0.05, 0.1) is 32.4 Å². The van der Waals surface area contributed by atoms with Crippen LogP contribution in [0, 0.1) is 10.1 Å². The van der Waals surface area contributed by atoms with Crippen molar-refractivity contribution >= 4 is 17.3 Å². The molecule has 2 rings (SSSR count). The number of hydrogen-bond donors (Lipinski definition) is 0. The Balaban J connectivity index is 2.48. The van der Waals surface area contributed by atoms with Crippen LogP contribution in [0.5, 0.6) is 5.75 Å². The summed E-state index contributed by atoms with van der Waals surface area (Å²) in [5, 5.41) is 11.3. The van der Waals surface area contributed by atoms with Gasteiger partial charge in [0.25, 0.3) is 0 Å². The number of anilines is 1. The van der Waals surface area contributed by atoms with Crippen LogP contribution in [-0.4, -0.2) is 50.9 Å². The minimum absolute atomic E-state index is 0.126. The highest BCUT2D eigenvalue weighted by atomic mass is 16.6. The first-order valence-electron chi connectivity index (χ1n) is 6.33. The molecule has 0 saturated carbocycles. The molecule has 0 aromatic heterocycles. The zero-order chi connectivity index (χ0) is 15.4. The van der Waals surface area contributed by atoms with Gasteiger partial charge in [-0.15, -0.1) is 0 Å². The largest absolute Gasteiger partial charge is 0.490 e. The van der Waals surface area contributed by atoms with E-state index in [2.05, 4.69) is 0 Å². The number of nitro benzene ring substituents is 1. The van der Waals surface area contributed by atoms with Gasteiger partial charge in [-0.2, -0.15) is 0 Å². The number of carbonyl (C=O) groups excluding carboxylic acids is 1. The van der Waals surface area contributed by atoms with E-state index in [0.717, 1.165) is 0 Å². The second kappa shape index (κ2) is 6.40. The molecule has 8 heteroatoms. The molecule has 1 aromatic carbocycles. The molecule has 1 aliphatic rings. The Labute approximate surface area is 121 Å². The van der Waals surface area contributed by atoms with Crippen molar-refractivity contribution in [3.05, 3.63) is 28.3 Å². The van der Waals surface area contributed by atoms with Crippen LogP contribution >= 0.6 is 0 Å². The quantitative estimate of drug-likeness (QED) is 0.464. The summed E-state index contributed by atoms with van der Waals surface area (Å²) in [6, 6.07) is 4.02. The summed E-state index contributed by atoms with van der Waals surface area (Å²) < 4.78 is 15.1. The highest BCUT2D eigenvalue weighted by molar-refractivity contribution is 5.83. The Morgan fingerprint density at radius 1 is 1.48 bits per heavy atom. The van der Waals surface area contributed by atoms with Crippen molar-refractivity contribution in [2.45, 2.75) is 6.04 Å². The number of ether oxygens (including phenoxy) is 3. The Hall–Kier alpha value is -2.35. The molecule has 1 atom stereocenters. The topological polar surface area (TPSA) is 91.1 Å². The maximum absolute atomic E-state index is 11.8. The minimum Gasteiger partial charge on any atom is -0.490 e. The van der Waals surface area contributed by atoms with E-state index < -0.39 is 16.9 Å². The lowest BCUT2D eigenvalue weighted by atomic mass is 10.1. The van der Waals surface area contributed by atoms with E-state index in [1.165, 1.54) is 20.3 Å². The standard InChI is InChI=1S/C13H16N2O6/c1-19-11-5-3-4-9(12(11)15(17)18)14-6-7-21-8-10(14)13(16)20-2/h3-5,10H,6-8H2,1-2H3. The molecule has 1 saturated heterocycles. The number of benzene rings is 1. The molecule has 0 N–H and O–H groups in total. The summed E-state index contributed by atoms with van der Waals surface area (Å²) in [6.07, 6.45) is 0. The van der Waals surface area contributed by atoms with E-state index in [4.69, 9.17) is 14.2 Å². The lowest BCUT2D eigenvalue weighted by Crippen LogP contribution is -2.50. The van der Waals surface area contributed by atoms with Crippen molar-refractivity contribution in [3.63, 3.8) is 0 Å². The second-order valence-corrected chi connectivity index (χ2v) is 4.39. The van der Waals surface area contributed by atoms with Crippen molar-refractivity contribution in [1.82, 2.24) is 0 Å². The average Bonchev–Trinajstić information content (AvgIpc) is 2.53. The number of rotatable bonds is 4. The molecule has 0 spiro atoms. The van der Waals surface area contributed by atoms with Crippen LogP contribution in [0.1, 0.15) is 0 Å². The molecule has 114 valence electrons. The smallest absolute Gasteiger partial charge is 0.333 e. The van der Waals surface area contributed by atoms with E-state index >= 15 is 0 Å². The monoisotopic (exact) mass is 296 g/mol. The third-order valence-electron chi connectivity index (χ3n) is 3.29. The van der Waals surface area contributed by atoms with Gasteiger partial charge < -0.3 is 19.1 Å². The SMILES string of the molecule is COC(=O)C1COCCN1c1cccc(OC)c1[N+](=O)[O-]. The maximum Gasteiger partial charge on any atom is 0.333 e. The predicted molar refractivity (Wildman–Crippen MR) is 73.6 cm³/mol. The first kappa shape index (κ1) is 15.0. The molecule has 1 aliphatic heterocycles. The van der Waals surface area contributed by atoms with E-state index in [-0.39, 0.29) is 18.0 Å². The van der Waals surface area contributed by atoms with Crippen LogP contribution in [0.3, 0.4) is 0 Å². The molecule has 1 heterocycles. The van der Waals surface area contributed by atoms with Gasteiger partial charge in [-0.1, -0.05) is 6.07 Å². The van der Waals surface area contributed by atoms with Crippen LogP contribution in [0.2, 0.25) is 0 Å². The van der Waals surface area contributed by atoms with Crippen LogP contribution in [0.15, 0.2) is 18.2 Å². The minimum atomic E-state index is -0.713. The maximum atomic E-state index is 11.8. The second-order valence-electron chi connectivity index (χ2n) is 4.39. The Bertz CT molecular complexity index is 547. The van der Waals surface area contributed by atoms with Crippen LogP contribution in [0.4, 0.5) is 11.4 Å². The molecule has 21 heavy (non-hydrogen) atoms. The van der Waals surface area contributed by atoms with Gasteiger partial charge in [0.15, 0.2) is 11.8 Å². The number of nitrogens with zero attached hydrogens (tertiary/aromatic N) is 2. The van der Waals surface area contributed by atoms with Crippen LogP contribution < -0.4 is 9.64 Å². The number of morpholine rings is 1. The van der Waals surface area contributed by atoms with Crippen molar-refractivity contribution in [3.8, 4) is 5.75 Å². The zero-order valence-electron chi connectivity index (χ0n) is 11.8. The zero-order valence-corrected chi connectivity index (χ0v) is 11.8. The molecule has 0 amide bonds. The normalized spacial score (nSPS) is 18.2. The fourth-order valence-corrected chi connectivity index (χ4v) is 2.31. The molecule has 1 fully saturated rings. The number of esters is 1. The summed E-state index contributed by atoms with van der Waals surface area (Å²) in [5.74, 6) is -0.348. The van der Waals surface area contributed by atoms with Gasteiger partial charge in [-0.25, -0.2) is 4.79 Å². The average molecular weight is 296 g/mol. The first-order valence-corrected chi connectivity index (χ1v) is 6.33. The van der Waals surface area contributed by atoms with Crippen LogP contribution in [0.25, 0.3) is 0 Å². The Kier molecular flexibility index (Phi) is 4.59. The van der Waals surface area contributed by atoms with Crippen molar-refractivity contribution < 1.29 is 23.9 Å². The van der Waals surface area contributed by atoms with Gasteiger partial charge in [0, 0.05) is 6.54 Å². The molecule has 0 radical (unpaired) electrons. The lowest BCUT2D eigenvalue weighted by Gasteiger charge is -2.35. The summed E-state index contributed by atoms with van der Waals surface area (Å²) >= 11 is 0. The van der Waals surface area contributed by atoms with E-state index in [9.17, 15) is 14.9 Å². The molecule has 8 nitrogen and oxygen atoms in total. The van der Waals surface area contributed by atoms with Gasteiger partial charge in [0.2, 0.25) is 0 Å².